The summed E-state index contributed by atoms with van der Waals surface area (Å²) in [7, 11) is 5.74. The van der Waals surface area contributed by atoms with E-state index in [1.165, 1.54) is 11.1 Å². The van der Waals surface area contributed by atoms with Crippen LogP contribution < -0.4 is 15.4 Å². The molecule has 1 fully saturated rings. The zero-order chi connectivity index (χ0) is 31.3. The lowest BCUT2D eigenvalue weighted by Crippen LogP contribution is -2.36. The quantitative estimate of drug-likeness (QED) is 0.299. The Balaban J connectivity index is 1.54. The number of carbonyl (C=O) groups excluding carboxylic acids is 3. The number of carbonyl (C=O) groups is 3. The van der Waals surface area contributed by atoms with Crippen molar-refractivity contribution in [3.8, 4) is 5.75 Å². The SMILES string of the molecule is CN(CCOc1ccc2oc(C(=O)Nc3ccc(Cl)cn3)c(NC(=O)C3CCC(N(C)C)CC3)c2c1)C(=O)OC(C)(C)C. The van der Waals surface area contributed by atoms with Gasteiger partial charge in [0.1, 0.15) is 35.0 Å². The monoisotopic (exact) mass is 613 g/mol. The average Bonchev–Trinajstić information content (AvgIpc) is 3.31. The molecule has 0 radical (unpaired) electrons. The zero-order valence-electron chi connectivity index (χ0n) is 25.5. The topological polar surface area (TPSA) is 126 Å². The van der Waals surface area contributed by atoms with Gasteiger partial charge in [-0.25, -0.2) is 9.78 Å². The third kappa shape index (κ3) is 8.61. The van der Waals surface area contributed by atoms with E-state index in [1.54, 1.807) is 58.2 Å². The highest BCUT2D eigenvalue weighted by atomic mass is 35.5. The fourth-order valence-electron chi connectivity index (χ4n) is 4.88. The molecule has 1 aromatic carbocycles. The van der Waals surface area contributed by atoms with Crippen LogP contribution in [0.3, 0.4) is 0 Å². The number of halogens is 1. The number of rotatable bonds is 9. The second-order valence-electron chi connectivity index (χ2n) is 12.0. The van der Waals surface area contributed by atoms with Gasteiger partial charge in [-0.15, -0.1) is 0 Å². The van der Waals surface area contributed by atoms with E-state index in [4.69, 9.17) is 25.5 Å². The van der Waals surface area contributed by atoms with Gasteiger partial charge in [-0.1, -0.05) is 11.6 Å². The van der Waals surface area contributed by atoms with Gasteiger partial charge in [-0.05, 0) is 90.9 Å². The molecule has 1 aliphatic rings. The Morgan fingerprint density at radius 1 is 1.05 bits per heavy atom. The van der Waals surface area contributed by atoms with Gasteiger partial charge in [0.05, 0.1) is 11.6 Å². The number of amides is 3. The molecule has 0 aliphatic heterocycles. The normalized spacial score (nSPS) is 17.0. The number of anilines is 2. The number of pyridine rings is 1. The Kier molecular flexibility index (Phi) is 10.2. The zero-order valence-corrected chi connectivity index (χ0v) is 26.3. The lowest BCUT2D eigenvalue weighted by Gasteiger charge is -2.31. The minimum absolute atomic E-state index is 0.0520. The van der Waals surface area contributed by atoms with Crippen LogP contribution in [0.4, 0.5) is 16.3 Å². The van der Waals surface area contributed by atoms with Crippen molar-refractivity contribution >= 4 is 52.0 Å². The van der Waals surface area contributed by atoms with Crippen molar-refractivity contribution in [2.24, 2.45) is 5.92 Å². The number of hydrogen-bond acceptors (Lipinski definition) is 8. The van der Waals surface area contributed by atoms with E-state index < -0.39 is 17.6 Å². The van der Waals surface area contributed by atoms with E-state index in [-0.39, 0.29) is 35.7 Å². The van der Waals surface area contributed by atoms with Crippen LogP contribution in [-0.2, 0) is 9.53 Å². The third-order valence-corrected chi connectivity index (χ3v) is 7.50. The fraction of sp³-hybridized carbons (Fsp3) is 0.484. The standard InChI is InChI=1S/C31H40ClN5O6/c1-31(2,3)43-30(40)37(6)15-16-41-22-12-13-24-23(17-22)26(35-28(38)19-7-10-21(11-8-19)36(4)5)27(42-24)29(39)34-25-14-9-20(32)18-33-25/h9,12-14,17-19,21H,7-8,10-11,15-16H2,1-6H3,(H,35,38)(H,33,34,39). The van der Waals surface area contributed by atoms with Crippen LogP contribution in [0.2, 0.25) is 5.02 Å². The maximum absolute atomic E-state index is 13.4. The van der Waals surface area contributed by atoms with Crippen molar-refractivity contribution in [3.05, 3.63) is 47.3 Å². The number of nitrogens with one attached hydrogen (secondary N) is 2. The summed E-state index contributed by atoms with van der Waals surface area (Å²) in [6.07, 6.45) is 4.31. The summed E-state index contributed by atoms with van der Waals surface area (Å²) in [6.45, 7) is 5.91. The Morgan fingerprint density at radius 3 is 2.40 bits per heavy atom. The highest BCUT2D eigenvalue weighted by Gasteiger charge is 2.30. The molecule has 1 saturated carbocycles. The predicted molar refractivity (Wildman–Crippen MR) is 166 cm³/mol. The number of benzene rings is 1. The lowest BCUT2D eigenvalue weighted by atomic mass is 9.85. The third-order valence-electron chi connectivity index (χ3n) is 7.28. The summed E-state index contributed by atoms with van der Waals surface area (Å²) in [5, 5.41) is 6.64. The summed E-state index contributed by atoms with van der Waals surface area (Å²) in [6, 6.07) is 8.72. The molecule has 2 N–H and O–H groups in total. The molecule has 4 rings (SSSR count). The predicted octanol–water partition coefficient (Wildman–Crippen LogP) is 6.04. The molecule has 3 aromatic rings. The summed E-state index contributed by atoms with van der Waals surface area (Å²) >= 11 is 5.93. The Morgan fingerprint density at radius 2 is 1.77 bits per heavy atom. The number of nitrogens with zero attached hydrogens (tertiary/aromatic N) is 3. The minimum atomic E-state index is -0.599. The molecule has 1 aliphatic carbocycles. The minimum Gasteiger partial charge on any atom is -0.492 e. The van der Waals surface area contributed by atoms with Gasteiger partial charge >= 0.3 is 6.09 Å². The molecule has 0 saturated heterocycles. The van der Waals surface area contributed by atoms with Gasteiger partial charge in [0.2, 0.25) is 11.7 Å². The van der Waals surface area contributed by atoms with E-state index in [1.807, 2.05) is 0 Å². The Labute approximate surface area is 256 Å². The number of furan rings is 1. The first-order valence-corrected chi connectivity index (χ1v) is 14.7. The molecular formula is C31H40ClN5O6. The molecule has 43 heavy (non-hydrogen) atoms. The van der Waals surface area contributed by atoms with E-state index >= 15 is 0 Å². The molecule has 232 valence electrons. The first kappa shape index (κ1) is 32.1. The molecule has 0 bridgehead atoms. The van der Waals surface area contributed by atoms with Crippen molar-refractivity contribution in [1.29, 1.82) is 0 Å². The number of ether oxygens (including phenoxy) is 2. The summed E-state index contributed by atoms with van der Waals surface area (Å²) in [5.41, 5.74) is 0.0649. The van der Waals surface area contributed by atoms with Gasteiger partial charge in [0.15, 0.2) is 0 Å². The molecule has 2 heterocycles. The van der Waals surface area contributed by atoms with Crippen LogP contribution in [0, 0.1) is 5.92 Å². The maximum atomic E-state index is 13.4. The smallest absolute Gasteiger partial charge is 0.410 e. The van der Waals surface area contributed by atoms with Crippen molar-refractivity contribution in [3.63, 3.8) is 0 Å². The van der Waals surface area contributed by atoms with E-state index in [9.17, 15) is 14.4 Å². The first-order chi connectivity index (χ1) is 20.3. The molecular weight excluding hydrogens is 574 g/mol. The van der Waals surface area contributed by atoms with Gasteiger partial charge in [-0.2, -0.15) is 0 Å². The van der Waals surface area contributed by atoms with E-state index in [0.717, 1.165) is 25.7 Å². The van der Waals surface area contributed by atoms with Crippen molar-refractivity contribution in [1.82, 2.24) is 14.8 Å². The summed E-state index contributed by atoms with van der Waals surface area (Å²) < 4.78 is 17.3. The summed E-state index contributed by atoms with van der Waals surface area (Å²) in [5.74, 6) is -0.198. The second-order valence-corrected chi connectivity index (χ2v) is 12.4. The Bertz CT molecular complexity index is 1440. The number of aromatic nitrogens is 1. The van der Waals surface area contributed by atoms with Crippen LogP contribution in [-0.4, -0.2) is 78.6 Å². The molecule has 11 nitrogen and oxygen atoms in total. The second kappa shape index (κ2) is 13.6. The van der Waals surface area contributed by atoms with Crippen molar-refractivity contribution in [2.75, 3.05) is 44.9 Å². The van der Waals surface area contributed by atoms with Crippen LogP contribution in [0.1, 0.15) is 57.0 Å². The van der Waals surface area contributed by atoms with Crippen LogP contribution in [0.25, 0.3) is 11.0 Å². The molecule has 3 amide bonds. The average molecular weight is 614 g/mol. The number of likely N-dealkylation sites (N-methyl/N-ethyl adjacent to an activating group) is 1. The first-order valence-electron chi connectivity index (χ1n) is 14.3. The molecule has 0 atom stereocenters. The lowest BCUT2D eigenvalue weighted by molar-refractivity contribution is -0.121. The van der Waals surface area contributed by atoms with E-state index in [0.29, 0.717) is 34.3 Å². The van der Waals surface area contributed by atoms with E-state index in [2.05, 4.69) is 34.6 Å². The molecule has 0 unspecified atom stereocenters. The van der Waals surface area contributed by atoms with Crippen LogP contribution in [0.5, 0.6) is 5.75 Å². The van der Waals surface area contributed by atoms with Crippen LogP contribution in [0.15, 0.2) is 40.9 Å². The van der Waals surface area contributed by atoms with Gasteiger partial charge in [0, 0.05) is 30.6 Å². The number of fused-ring (bicyclic) bond motifs is 1. The van der Waals surface area contributed by atoms with Crippen LogP contribution >= 0.6 is 11.6 Å². The highest BCUT2D eigenvalue weighted by molar-refractivity contribution is 6.30. The Hall–Kier alpha value is -3.83. The van der Waals surface area contributed by atoms with Crippen molar-refractivity contribution in [2.45, 2.75) is 58.1 Å². The fourth-order valence-corrected chi connectivity index (χ4v) is 5.00. The van der Waals surface area contributed by atoms with Crippen molar-refractivity contribution < 1.29 is 28.3 Å². The summed E-state index contributed by atoms with van der Waals surface area (Å²) in [4.78, 5) is 46.8. The number of hydrogen-bond donors (Lipinski definition) is 2. The molecule has 2 aromatic heterocycles. The molecule has 0 spiro atoms. The van der Waals surface area contributed by atoms with Gasteiger partial charge in [-0.3, -0.25) is 9.59 Å². The maximum Gasteiger partial charge on any atom is 0.410 e. The van der Waals surface area contributed by atoms with Gasteiger partial charge < -0.3 is 34.3 Å². The largest absolute Gasteiger partial charge is 0.492 e. The molecule has 12 heteroatoms. The highest BCUT2D eigenvalue weighted by Crippen LogP contribution is 2.36. The van der Waals surface area contributed by atoms with Gasteiger partial charge in [0.25, 0.3) is 5.91 Å².